The normalized spacial score (nSPS) is 10.2. The van der Waals surface area contributed by atoms with E-state index in [-0.39, 0.29) is 11.7 Å². The largest absolute Gasteiger partial charge is 0.489 e. The van der Waals surface area contributed by atoms with Crippen molar-refractivity contribution < 1.29 is 13.9 Å². The van der Waals surface area contributed by atoms with Gasteiger partial charge in [-0.2, -0.15) is 0 Å². The molecule has 0 unspecified atom stereocenters. The number of amides is 1. The molecular weight excluding hydrogens is 325 g/mol. The first-order valence-corrected chi connectivity index (χ1v) is 6.78. The lowest BCUT2D eigenvalue weighted by atomic mass is 10.2. The lowest BCUT2D eigenvalue weighted by Crippen LogP contribution is -2.05. The maximum absolute atomic E-state index is 13.0. The number of carbonyl (C=O) groups excluding carboxylic acids is 1. The molecule has 0 atom stereocenters. The summed E-state index contributed by atoms with van der Waals surface area (Å²) in [6.07, 6.45) is 0. The molecule has 5 heteroatoms. The van der Waals surface area contributed by atoms with E-state index in [9.17, 15) is 9.18 Å². The topological polar surface area (TPSA) is 38.3 Å². The fraction of sp³-hybridized carbons (Fsp3) is 0.133. The first-order chi connectivity index (χ1) is 9.54. The van der Waals surface area contributed by atoms with Gasteiger partial charge in [-0.1, -0.05) is 22.0 Å². The zero-order valence-corrected chi connectivity index (χ0v) is 12.4. The van der Waals surface area contributed by atoms with E-state index in [2.05, 4.69) is 21.2 Å². The molecule has 0 fully saturated rings. The van der Waals surface area contributed by atoms with Crippen LogP contribution in [0.3, 0.4) is 0 Å². The van der Waals surface area contributed by atoms with Crippen LogP contribution in [0.1, 0.15) is 12.5 Å². The van der Waals surface area contributed by atoms with Crippen LogP contribution in [0.25, 0.3) is 0 Å². The number of rotatable bonds is 4. The Hall–Kier alpha value is -1.88. The summed E-state index contributed by atoms with van der Waals surface area (Å²) in [4.78, 5) is 10.9. The molecule has 0 saturated carbocycles. The average Bonchev–Trinajstić information content (AvgIpc) is 2.39. The van der Waals surface area contributed by atoms with Crippen LogP contribution in [-0.4, -0.2) is 5.91 Å². The van der Waals surface area contributed by atoms with Crippen LogP contribution in [0.15, 0.2) is 46.9 Å². The SMILES string of the molecule is CC(=O)Nc1ccc(OCc2ccc(F)cc2Br)cc1. The van der Waals surface area contributed by atoms with Gasteiger partial charge in [0.05, 0.1) is 0 Å². The molecule has 1 N–H and O–H groups in total. The summed E-state index contributed by atoms with van der Waals surface area (Å²) in [5.41, 5.74) is 1.57. The molecule has 2 rings (SSSR count). The van der Waals surface area contributed by atoms with Gasteiger partial charge < -0.3 is 10.1 Å². The Morgan fingerprint density at radius 3 is 2.55 bits per heavy atom. The molecule has 0 aliphatic carbocycles. The quantitative estimate of drug-likeness (QED) is 0.911. The van der Waals surface area contributed by atoms with Gasteiger partial charge in [0.1, 0.15) is 18.2 Å². The molecule has 104 valence electrons. The van der Waals surface area contributed by atoms with Crippen molar-refractivity contribution in [3.8, 4) is 5.75 Å². The molecule has 0 aliphatic rings. The van der Waals surface area contributed by atoms with Crippen molar-refractivity contribution in [1.82, 2.24) is 0 Å². The Labute approximate surface area is 124 Å². The molecule has 0 aromatic heterocycles. The van der Waals surface area contributed by atoms with Gasteiger partial charge in [0.25, 0.3) is 0 Å². The molecular formula is C15H13BrFNO2. The van der Waals surface area contributed by atoms with Crippen LogP contribution in [-0.2, 0) is 11.4 Å². The van der Waals surface area contributed by atoms with Gasteiger partial charge >= 0.3 is 0 Å². The van der Waals surface area contributed by atoms with Crippen molar-refractivity contribution in [2.45, 2.75) is 13.5 Å². The van der Waals surface area contributed by atoms with Crippen LogP contribution < -0.4 is 10.1 Å². The fourth-order valence-corrected chi connectivity index (χ4v) is 2.10. The van der Waals surface area contributed by atoms with E-state index >= 15 is 0 Å². The summed E-state index contributed by atoms with van der Waals surface area (Å²) in [7, 11) is 0. The molecule has 0 heterocycles. The second-order valence-electron chi connectivity index (χ2n) is 4.23. The minimum atomic E-state index is -0.291. The third-order valence-electron chi connectivity index (χ3n) is 2.58. The molecule has 0 spiro atoms. The molecule has 20 heavy (non-hydrogen) atoms. The van der Waals surface area contributed by atoms with Gasteiger partial charge in [0.15, 0.2) is 0 Å². The minimum Gasteiger partial charge on any atom is -0.489 e. The molecule has 2 aromatic rings. The maximum Gasteiger partial charge on any atom is 0.221 e. The summed E-state index contributed by atoms with van der Waals surface area (Å²) >= 11 is 3.29. The van der Waals surface area contributed by atoms with Gasteiger partial charge in [-0.25, -0.2) is 4.39 Å². The molecule has 1 amide bonds. The zero-order chi connectivity index (χ0) is 14.5. The summed E-state index contributed by atoms with van der Waals surface area (Å²) in [5, 5.41) is 2.68. The predicted molar refractivity (Wildman–Crippen MR) is 79.2 cm³/mol. The lowest BCUT2D eigenvalue weighted by molar-refractivity contribution is -0.114. The number of hydrogen-bond donors (Lipinski definition) is 1. The van der Waals surface area contributed by atoms with Gasteiger partial charge in [0, 0.05) is 22.6 Å². The van der Waals surface area contributed by atoms with Gasteiger partial charge in [-0.15, -0.1) is 0 Å². The van der Waals surface area contributed by atoms with Crippen molar-refractivity contribution in [3.05, 3.63) is 58.3 Å². The van der Waals surface area contributed by atoms with Crippen LogP contribution in [0.2, 0.25) is 0 Å². The smallest absolute Gasteiger partial charge is 0.221 e. The van der Waals surface area contributed by atoms with E-state index in [1.54, 1.807) is 30.3 Å². The molecule has 0 saturated heterocycles. The number of carbonyl (C=O) groups is 1. The lowest BCUT2D eigenvalue weighted by Gasteiger charge is -2.09. The highest BCUT2D eigenvalue weighted by atomic mass is 79.9. The third-order valence-corrected chi connectivity index (χ3v) is 3.32. The molecule has 3 nitrogen and oxygen atoms in total. The Balaban J connectivity index is 1.98. The van der Waals surface area contributed by atoms with Crippen molar-refractivity contribution in [2.24, 2.45) is 0 Å². The maximum atomic E-state index is 13.0. The molecule has 0 radical (unpaired) electrons. The van der Waals surface area contributed by atoms with Crippen LogP contribution in [0, 0.1) is 5.82 Å². The van der Waals surface area contributed by atoms with Gasteiger partial charge in [-0.05, 0) is 36.4 Å². The Kier molecular flexibility index (Phi) is 4.74. The highest BCUT2D eigenvalue weighted by Gasteiger charge is 2.03. The van der Waals surface area contributed by atoms with Gasteiger partial charge in [-0.3, -0.25) is 4.79 Å². The molecule has 2 aromatic carbocycles. The van der Waals surface area contributed by atoms with E-state index in [1.165, 1.54) is 19.1 Å². The second kappa shape index (κ2) is 6.52. The number of ether oxygens (including phenoxy) is 1. The van der Waals surface area contributed by atoms with Crippen LogP contribution in [0.5, 0.6) is 5.75 Å². The highest BCUT2D eigenvalue weighted by Crippen LogP contribution is 2.21. The minimum absolute atomic E-state index is 0.117. The molecule has 0 bridgehead atoms. The summed E-state index contributed by atoms with van der Waals surface area (Å²) in [6.45, 7) is 1.79. The number of benzene rings is 2. The number of halogens is 2. The monoisotopic (exact) mass is 337 g/mol. The Morgan fingerprint density at radius 1 is 1.25 bits per heavy atom. The van der Waals surface area contributed by atoms with Crippen molar-refractivity contribution in [2.75, 3.05) is 5.32 Å². The number of nitrogens with one attached hydrogen (secondary N) is 1. The Morgan fingerprint density at radius 2 is 1.95 bits per heavy atom. The number of hydrogen-bond acceptors (Lipinski definition) is 2. The summed E-state index contributed by atoms with van der Waals surface area (Å²) in [5.74, 6) is 0.268. The summed E-state index contributed by atoms with van der Waals surface area (Å²) in [6, 6.07) is 11.5. The predicted octanol–water partition coefficient (Wildman–Crippen LogP) is 4.13. The van der Waals surface area contributed by atoms with Crippen molar-refractivity contribution >= 4 is 27.5 Å². The average molecular weight is 338 g/mol. The van der Waals surface area contributed by atoms with Crippen LogP contribution in [0.4, 0.5) is 10.1 Å². The van der Waals surface area contributed by atoms with E-state index in [4.69, 9.17) is 4.74 Å². The first kappa shape index (κ1) is 14.5. The van der Waals surface area contributed by atoms with E-state index in [0.29, 0.717) is 22.5 Å². The van der Waals surface area contributed by atoms with E-state index < -0.39 is 0 Å². The molecule has 0 aliphatic heterocycles. The van der Waals surface area contributed by atoms with Gasteiger partial charge in [0.2, 0.25) is 5.91 Å². The fourth-order valence-electron chi connectivity index (χ4n) is 1.64. The third kappa shape index (κ3) is 4.06. The summed E-state index contributed by atoms with van der Waals surface area (Å²) < 4.78 is 19.2. The standard InChI is InChI=1S/C15H13BrFNO2/c1-10(19)18-13-4-6-14(7-5-13)20-9-11-2-3-12(17)8-15(11)16/h2-8H,9H2,1H3,(H,18,19). The van der Waals surface area contributed by atoms with Crippen molar-refractivity contribution in [1.29, 1.82) is 0 Å². The van der Waals surface area contributed by atoms with E-state index in [0.717, 1.165) is 5.56 Å². The van der Waals surface area contributed by atoms with E-state index in [1.807, 2.05) is 0 Å². The number of anilines is 1. The first-order valence-electron chi connectivity index (χ1n) is 5.99. The second-order valence-corrected chi connectivity index (χ2v) is 5.08. The van der Waals surface area contributed by atoms with Crippen LogP contribution >= 0.6 is 15.9 Å². The Bertz CT molecular complexity index is 614. The highest BCUT2D eigenvalue weighted by molar-refractivity contribution is 9.10. The van der Waals surface area contributed by atoms with Crippen molar-refractivity contribution in [3.63, 3.8) is 0 Å². The zero-order valence-electron chi connectivity index (χ0n) is 10.8.